The van der Waals surface area contributed by atoms with Gasteiger partial charge in [-0.1, -0.05) is 39.0 Å². The lowest BCUT2D eigenvalue weighted by Crippen LogP contribution is -2.33. The number of carbonyl (C=O) groups excluding carboxylic acids is 2. The molecule has 0 aliphatic heterocycles. The first-order valence-corrected chi connectivity index (χ1v) is 17.5. The number of aromatic amines is 1. The summed E-state index contributed by atoms with van der Waals surface area (Å²) in [6, 6.07) is 15.0. The standard InChI is InChI=1S/C32H38FN7O4.2C3H3F3O2/c1-6-19-15-23(26(33)25(16-19)44-18-32(2,3)17-39(4)5)27(36-21-13-11-20(12-14-21)28(34)35)29-37-31(43)40(38-29)24-10-8-7-9-22(24)30(41)42;2*4-3(5,6)2(8)1-7/h7-16,27,36H,6,17-18H2,1-5H3,(H3,34,35)(H,41,42)(H,37,38,43);2*7H,1H2. The SMILES string of the molecule is CCc1cc(OCC(C)(C)CN(C)C)c(F)c(C(Nc2ccc(C(=N)N)cc2)c2nn(-c3ccccc3C(=O)O)c(=O)[nH]2)c1.O=C(CO)C(F)(F)F.O=C(CO)C(F)(F)F. The van der Waals surface area contributed by atoms with Crippen LogP contribution in [0, 0.1) is 16.6 Å². The summed E-state index contributed by atoms with van der Waals surface area (Å²) in [7, 11) is 3.93. The second-order valence-corrected chi connectivity index (χ2v) is 13.8. The zero-order valence-electron chi connectivity index (χ0n) is 32.8. The summed E-state index contributed by atoms with van der Waals surface area (Å²) in [6.07, 6.45) is -9.18. The minimum absolute atomic E-state index is 0.0527. The van der Waals surface area contributed by atoms with Crippen LogP contribution in [-0.2, 0) is 16.0 Å². The van der Waals surface area contributed by atoms with Crippen LogP contribution in [0.25, 0.3) is 5.69 Å². The van der Waals surface area contributed by atoms with E-state index in [0.29, 0.717) is 17.7 Å². The number of amidine groups is 1. The van der Waals surface area contributed by atoms with E-state index in [-0.39, 0.29) is 46.2 Å². The van der Waals surface area contributed by atoms with Gasteiger partial charge in [-0.05, 0) is 68.5 Å². The fourth-order valence-electron chi connectivity index (χ4n) is 5.23. The molecule has 0 saturated heterocycles. The van der Waals surface area contributed by atoms with Gasteiger partial charge < -0.3 is 36.0 Å². The average molecular weight is 860 g/mol. The molecule has 0 bridgehead atoms. The molecule has 328 valence electrons. The first-order chi connectivity index (χ1) is 27.8. The number of para-hydroxylation sites is 1. The Hall–Kier alpha value is -6.13. The van der Waals surface area contributed by atoms with Crippen LogP contribution in [0.15, 0.2) is 65.5 Å². The van der Waals surface area contributed by atoms with Crippen LogP contribution in [0.5, 0.6) is 5.75 Å². The Kier molecular flexibility index (Phi) is 17.7. The van der Waals surface area contributed by atoms with Crippen molar-refractivity contribution in [2.75, 3.05) is 45.8 Å². The van der Waals surface area contributed by atoms with Gasteiger partial charge in [-0.15, -0.1) is 5.10 Å². The predicted octanol–water partition coefficient (Wildman–Crippen LogP) is 4.63. The number of hydrogen-bond acceptors (Lipinski definition) is 11. The number of halogens is 7. The van der Waals surface area contributed by atoms with Crippen LogP contribution in [0.3, 0.4) is 0 Å². The molecule has 1 atom stereocenters. The Morgan fingerprint density at radius 2 is 1.52 bits per heavy atom. The van der Waals surface area contributed by atoms with Gasteiger partial charge >= 0.3 is 24.0 Å². The number of aliphatic hydroxyl groups is 2. The van der Waals surface area contributed by atoms with Crippen LogP contribution in [0.1, 0.15) is 59.7 Å². The van der Waals surface area contributed by atoms with Gasteiger partial charge in [0.2, 0.25) is 0 Å². The Morgan fingerprint density at radius 3 is 1.97 bits per heavy atom. The van der Waals surface area contributed by atoms with E-state index >= 15 is 4.39 Å². The highest BCUT2D eigenvalue weighted by Gasteiger charge is 2.38. The third-order valence-corrected chi connectivity index (χ3v) is 7.91. The summed E-state index contributed by atoms with van der Waals surface area (Å²) >= 11 is 0. The quantitative estimate of drug-likeness (QED) is 0.0492. The molecule has 0 fully saturated rings. The molecule has 1 heterocycles. The van der Waals surface area contributed by atoms with Gasteiger partial charge in [-0.25, -0.2) is 14.0 Å². The number of nitrogens with two attached hydrogens (primary N) is 1. The summed E-state index contributed by atoms with van der Waals surface area (Å²) in [4.78, 5) is 48.7. The number of aromatic carboxylic acids is 1. The number of H-pyrrole nitrogens is 1. The maximum Gasteiger partial charge on any atom is 0.452 e. The Labute approximate surface area is 338 Å². The van der Waals surface area contributed by atoms with Crippen LogP contribution in [-0.4, -0.2) is 111 Å². The van der Waals surface area contributed by atoms with E-state index in [1.54, 1.807) is 48.5 Å². The number of carbonyl (C=O) groups is 3. The number of anilines is 1. The van der Waals surface area contributed by atoms with E-state index in [1.165, 1.54) is 12.1 Å². The van der Waals surface area contributed by atoms with Crippen molar-refractivity contribution < 1.29 is 65.2 Å². The molecule has 1 aromatic heterocycles. The molecule has 0 aliphatic rings. The van der Waals surface area contributed by atoms with Crippen LogP contribution < -0.4 is 21.5 Å². The van der Waals surface area contributed by atoms with Gasteiger partial charge in [-0.2, -0.15) is 31.0 Å². The Balaban J connectivity index is 0.000000652. The summed E-state index contributed by atoms with van der Waals surface area (Å²) in [5.74, 6) is -6.05. The number of nitrogens with zero attached hydrogens (tertiary/aromatic N) is 3. The molecule has 3 aromatic carbocycles. The molecule has 15 nitrogen and oxygen atoms in total. The van der Waals surface area contributed by atoms with Gasteiger partial charge in [0.05, 0.1) is 17.9 Å². The molecule has 0 radical (unpaired) electrons. The lowest BCUT2D eigenvalue weighted by atomic mass is 9.94. The first kappa shape index (κ1) is 50.0. The van der Waals surface area contributed by atoms with Crippen molar-refractivity contribution in [2.45, 2.75) is 45.6 Å². The van der Waals surface area contributed by atoms with Crippen molar-refractivity contribution in [3.63, 3.8) is 0 Å². The molecule has 0 amide bonds. The second kappa shape index (κ2) is 21.2. The number of nitrogen functional groups attached to an aromatic ring is 1. The summed E-state index contributed by atoms with van der Waals surface area (Å²) in [5.41, 5.74) is 6.62. The molecule has 4 rings (SSSR count). The van der Waals surface area contributed by atoms with Crippen LogP contribution >= 0.6 is 0 Å². The molecule has 0 saturated carbocycles. The van der Waals surface area contributed by atoms with Crippen molar-refractivity contribution in [1.29, 1.82) is 5.41 Å². The molecule has 0 aliphatic carbocycles. The number of hydrogen-bond donors (Lipinski definition) is 7. The molecule has 8 N–H and O–H groups in total. The number of carboxylic acids is 1. The third kappa shape index (κ3) is 14.6. The normalized spacial score (nSPS) is 12.1. The molecule has 60 heavy (non-hydrogen) atoms. The predicted molar refractivity (Wildman–Crippen MR) is 204 cm³/mol. The molecule has 22 heteroatoms. The number of ketones is 2. The second-order valence-electron chi connectivity index (χ2n) is 13.8. The fraction of sp³-hybridized carbons (Fsp3) is 0.368. The van der Waals surface area contributed by atoms with Crippen LogP contribution in [0.2, 0.25) is 0 Å². The average Bonchev–Trinajstić information content (AvgIpc) is 3.56. The van der Waals surface area contributed by atoms with E-state index < -0.39 is 60.7 Å². The van der Waals surface area contributed by atoms with Crippen molar-refractivity contribution in [1.82, 2.24) is 19.7 Å². The number of aliphatic hydroxyl groups excluding tert-OH is 2. The summed E-state index contributed by atoms with van der Waals surface area (Å²) in [5, 5.41) is 40.3. The topological polar surface area (TPSA) is 237 Å². The third-order valence-electron chi connectivity index (χ3n) is 7.91. The van der Waals surface area contributed by atoms with Crippen LogP contribution in [0.4, 0.5) is 36.4 Å². The lowest BCUT2D eigenvalue weighted by molar-refractivity contribution is -0.173. The Morgan fingerprint density at radius 1 is 0.967 bits per heavy atom. The highest BCUT2D eigenvalue weighted by molar-refractivity contribution is 5.95. The van der Waals surface area contributed by atoms with E-state index in [2.05, 4.69) is 15.4 Å². The number of carboxylic acid groups (broad SMARTS) is 1. The smallest absolute Gasteiger partial charge is 0.452 e. The molecular weight excluding hydrogens is 815 g/mol. The molecule has 0 spiro atoms. The van der Waals surface area contributed by atoms with E-state index in [0.717, 1.165) is 16.8 Å². The number of aryl methyl sites for hydroxylation is 1. The Bertz CT molecular complexity index is 2140. The molecule has 4 aromatic rings. The minimum Gasteiger partial charge on any atom is -0.490 e. The van der Waals surface area contributed by atoms with Gasteiger partial charge in [0.15, 0.2) is 17.4 Å². The zero-order chi connectivity index (χ0) is 45.7. The summed E-state index contributed by atoms with van der Waals surface area (Å²) < 4.78 is 89.1. The number of rotatable bonds is 15. The van der Waals surface area contributed by atoms with Gasteiger partial charge in [0, 0.05) is 28.8 Å². The summed E-state index contributed by atoms with van der Waals surface area (Å²) in [6.45, 7) is 4.07. The van der Waals surface area contributed by atoms with E-state index in [4.69, 9.17) is 26.1 Å². The number of benzene rings is 3. The number of Topliss-reactive ketones (excluding diaryl/α,β-unsaturated/α-hetero) is 2. The van der Waals surface area contributed by atoms with Gasteiger partial charge in [0.25, 0.3) is 11.6 Å². The number of ether oxygens (including phenoxy) is 1. The number of alkyl halides is 6. The van der Waals surface area contributed by atoms with Gasteiger partial charge in [-0.3, -0.25) is 20.0 Å². The molecular formula is C38H44F7N7O8. The van der Waals surface area contributed by atoms with Crippen molar-refractivity contribution in [3.8, 4) is 11.4 Å². The number of aromatic nitrogens is 3. The zero-order valence-corrected chi connectivity index (χ0v) is 32.8. The first-order valence-electron chi connectivity index (χ1n) is 17.5. The maximum atomic E-state index is 16.4. The highest BCUT2D eigenvalue weighted by Crippen LogP contribution is 2.34. The highest BCUT2D eigenvalue weighted by atomic mass is 19.4. The largest absolute Gasteiger partial charge is 0.490 e. The monoisotopic (exact) mass is 859 g/mol. The molecule has 1 unspecified atom stereocenters. The van der Waals surface area contributed by atoms with Gasteiger partial charge in [0.1, 0.15) is 25.1 Å². The van der Waals surface area contributed by atoms with Crippen molar-refractivity contribution >= 4 is 29.1 Å². The maximum absolute atomic E-state index is 16.4. The van der Waals surface area contributed by atoms with E-state index in [1.807, 2.05) is 39.8 Å². The van der Waals surface area contributed by atoms with Crippen molar-refractivity contribution in [3.05, 3.63) is 105 Å². The lowest BCUT2D eigenvalue weighted by Gasteiger charge is -2.28. The van der Waals surface area contributed by atoms with E-state index in [9.17, 15) is 50.6 Å². The van der Waals surface area contributed by atoms with Crippen molar-refractivity contribution in [2.24, 2.45) is 11.1 Å². The fourth-order valence-corrected chi connectivity index (χ4v) is 5.23. The minimum atomic E-state index is -4.88. The number of nitrogens with one attached hydrogen (secondary N) is 3.